The number of amides is 1. The fraction of sp³-hybridized carbons (Fsp3) is 0.235. The van der Waals surface area contributed by atoms with Crippen molar-refractivity contribution in [2.75, 3.05) is 18.6 Å². The van der Waals surface area contributed by atoms with E-state index in [0.29, 0.717) is 12.1 Å². The van der Waals surface area contributed by atoms with Gasteiger partial charge in [-0.3, -0.25) is 4.79 Å². The van der Waals surface area contributed by atoms with Gasteiger partial charge in [-0.05, 0) is 43.7 Å². The van der Waals surface area contributed by atoms with Crippen LogP contribution in [0.25, 0.3) is 0 Å². The van der Waals surface area contributed by atoms with Crippen LogP contribution in [0.1, 0.15) is 22.8 Å². The van der Waals surface area contributed by atoms with E-state index in [9.17, 15) is 9.18 Å². The van der Waals surface area contributed by atoms with Crippen LogP contribution in [-0.4, -0.2) is 19.6 Å². The van der Waals surface area contributed by atoms with E-state index in [-0.39, 0.29) is 11.7 Å². The zero-order valence-electron chi connectivity index (χ0n) is 12.4. The van der Waals surface area contributed by atoms with Crippen LogP contribution in [0.2, 0.25) is 0 Å². The Balaban J connectivity index is 2.37. The van der Waals surface area contributed by atoms with Gasteiger partial charge >= 0.3 is 0 Å². The Hall–Kier alpha value is -2.36. The minimum Gasteiger partial charge on any atom is -0.494 e. The quantitative estimate of drug-likeness (QED) is 0.855. The van der Waals surface area contributed by atoms with Crippen LogP contribution in [0.4, 0.5) is 10.1 Å². The van der Waals surface area contributed by atoms with Crippen molar-refractivity contribution in [3.05, 3.63) is 59.4 Å². The molecule has 0 atom stereocenters. The number of para-hydroxylation sites is 1. The Morgan fingerprint density at radius 1 is 1.24 bits per heavy atom. The first-order valence-electron chi connectivity index (χ1n) is 6.79. The number of aryl methyl sites for hydroxylation is 1. The lowest BCUT2D eigenvalue weighted by Gasteiger charge is -2.23. The van der Waals surface area contributed by atoms with Crippen molar-refractivity contribution in [3.63, 3.8) is 0 Å². The number of benzene rings is 2. The van der Waals surface area contributed by atoms with Crippen molar-refractivity contribution in [3.8, 4) is 5.75 Å². The summed E-state index contributed by atoms with van der Waals surface area (Å²) in [4.78, 5) is 14.2. The second kappa shape index (κ2) is 6.39. The van der Waals surface area contributed by atoms with Crippen LogP contribution < -0.4 is 9.64 Å². The van der Waals surface area contributed by atoms with Crippen molar-refractivity contribution < 1.29 is 13.9 Å². The predicted molar refractivity (Wildman–Crippen MR) is 81.5 cm³/mol. The van der Waals surface area contributed by atoms with E-state index in [0.717, 1.165) is 11.3 Å². The van der Waals surface area contributed by atoms with Gasteiger partial charge in [-0.2, -0.15) is 0 Å². The minimum atomic E-state index is -0.538. The zero-order chi connectivity index (χ0) is 15.4. The summed E-state index contributed by atoms with van der Waals surface area (Å²) in [7, 11) is 1.39. The number of rotatable bonds is 4. The molecule has 0 saturated carbocycles. The first-order chi connectivity index (χ1) is 10.1. The van der Waals surface area contributed by atoms with E-state index in [2.05, 4.69) is 0 Å². The summed E-state index contributed by atoms with van der Waals surface area (Å²) in [6.07, 6.45) is 0. The third-order valence-corrected chi connectivity index (χ3v) is 3.37. The van der Waals surface area contributed by atoms with Gasteiger partial charge in [0.25, 0.3) is 5.91 Å². The van der Waals surface area contributed by atoms with Gasteiger partial charge < -0.3 is 9.64 Å². The molecule has 0 aliphatic carbocycles. The van der Waals surface area contributed by atoms with Crippen molar-refractivity contribution in [2.45, 2.75) is 13.8 Å². The first-order valence-corrected chi connectivity index (χ1v) is 6.79. The zero-order valence-corrected chi connectivity index (χ0v) is 12.4. The maximum absolute atomic E-state index is 13.8. The van der Waals surface area contributed by atoms with E-state index in [1.165, 1.54) is 19.2 Å². The molecular formula is C17H18FNO2. The third kappa shape index (κ3) is 3.05. The second-order valence-electron chi connectivity index (χ2n) is 4.69. The molecule has 0 bridgehead atoms. The fourth-order valence-electron chi connectivity index (χ4n) is 2.24. The van der Waals surface area contributed by atoms with Crippen LogP contribution in [-0.2, 0) is 0 Å². The monoisotopic (exact) mass is 287 g/mol. The summed E-state index contributed by atoms with van der Waals surface area (Å²) >= 11 is 0. The molecule has 21 heavy (non-hydrogen) atoms. The molecule has 2 aromatic carbocycles. The Morgan fingerprint density at radius 2 is 1.95 bits per heavy atom. The molecule has 3 nitrogen and oxygen atoms in total. The number of halogens is 1. The van der Waals surface area contributed by atoms with Crippen LogP contribution in [0, 0.1) is 12.7 Å². The minimum absolute atomic E-state index is 0.130. The molecule has 0 fully saturated rings. The maximum atomic E-state index is 13.8. The number of ether oxygens (including phenoxy) is 1. The van der Waals surface area contributed by atoms with E-state index in [1.807, 2.05) is 38.1 Å². The third-order valence-electron chi connectivity index (χ3n) is 3.37. The van der Waals surface area contributed by atoms with Crippen LogP contribution in [0.5, 0.6) is 5.75 Å². The Bertz CT molecular complexity index is 655. The Labute approximate surface area is 124 Å². The van der Waals surface area contributed by atoms with Gasteiger partial charge in [0.15, 0.2) is 11.6 Å². The number of carbonyl (C=O) groups is 1. The molecule has 0 N–H and O–H groups in total. The molecule has 0 aliphatic rings. The summed E-state index contributed by atoms with van der Waals surface area (Å²) < 4.78 is 18.6. The smallest absolute Gasteiger partial charge is 0.258 e. The average Bonchev–Trinajstić information content (AvgIpc) is 2.49. The molecule has 0 heterocycles. The molecule has 0 aromatic heterocycles. The summed E-state index contributed by atoms with van der Waals surface area (Å²) in [6, 6.07) is 11.9. The largest absolute Gasteiger partial charge is 0.494 e. The molecule has 2 rings (SSSR count). The summed E-state index contributed by atoms with van der Waals surface area (Å²) in [6.45, 7) is 4.35. The normalized spacial score (nSPS) is 10.3. The summed E-state index contributed by atoms with van der Waals surface area (Å²) in [5.41, 5.74) is 2.14. The number of hydrogen-bond acceptors (Lipinski definition) is 2. The standard InChI is InChI=1S/C17H18FNO2/c1-4-19(15-8-6-5-7-12(15)2)17(20)13-9-10-16(21-3)14(18)11-13/h5-11H,4H2,1-3H3. The molecule has 0 saturated heterocycles. The highest BCUT2D eigenvalue weighted by molar-refractivity contribution is 6.06. The lowest BCUT2D eigenvalue weighted by molar-refractivity contribution is 0.0987. The van der Waals surface area contributed by atoms with Gasteiger partial charge in [0.2, 0.25) is 0 Å². The van der Waals surface area contributed by atoms with Crippen LogP contribution >= 0.6 is 0 Å². The summed E-state index contributed by atoms with van der Waals surface area (Å²) in [5, 5.41) is 0. The highest BCUT2D eigenvalue weighted by atomic mass is 19.1. The number of anilines is 1. The summed E-state index contributed by atoms with van der Waals surface area (Å²) in [5.74, 6) is -0.636. The molecule has 0 spiro atoms. The molecule has 0 aliphatic heterocycles. The average molecular weight is 287 g/mol. The van der Waals surface area contributed by atoms with E-state index in [1.54, 1.807) is 11.0 Å². The van der Waals surface area contributed by atoms with Gasteiger partial charge in [-0.1, -0.05) is 18.2 Å². The predicted octanol–water partition coefficient (Wildman–Crippen LogP) is 3.81. The molecule has 0 unspecified atom stereocenters. The highest BCUT2D eigenvalue weighted by Gasteiger charge is 2.18. The molecule has 1 amide bonds. The molecule has 4 heteroatoms. The maximum Gasteiger partial charge on any atom is 0.258 e. The molecular weight excluding hydrogens is 269 g/mol. The Morgan fingerprint density at radius 3 is 2.52 bits per heavy atom. The van der Waals surface area contributed by atoms with Gasteiger partial charge in [0.1, 0.15) is 0 Å². The molecule has 110 valence electrons. The van der Waals surface area contributed by atoms with Crippen LogP contribution in [0.15, 0.2) is 42.5 Å². The number of nitrogens with zero attached hydrogens (tertiary/aromatic N) is 1. The molecule has 2 aromatic rings. The number of methoxy groups -OCH3 is 1. The number of carbonyl (C=O) groups excluding carboxylic acids is 1. The molecule has 0 radical (unpaired) electrons. The SMILES string of the molecule is CCN(C(=O)c1ccc(OC)c(F)c1)c1ccccc1C. The Kier molecular flexibility index (Phi) is 4.58. The first kappa shape index (κ1) is 15.0. The van der Waals surface area contributed by atoms with Crippen molar-refractivity contribution >= 4 is 11.6 Å². The van der Waals surface area contributed by atoms with E-state index in [4.69, 9.17) is 4.74 Å². The van der Waals surface area contributed by atoms with E-state index >= 15 is 0 Å². The lowest BCUT2D eigenvalue weighted by Crippen LogP contribution is -2.31. The lowest BCUT2D eigenvalue weighted by atomic mass is 10.1. The van der Waals surface area contributed by atoms with Crippen LogP contribution in [0.3, 0.4) is 0 Å². The van der Waals surface area contributed by atoms with Crippen molar-refractivity contribution in [1.29, 1.82) is 0 Å². The van der Waals surface area contributed by atoms with Gasteiger partial charge in [0, 0.05) is 17.8 Å². The van der Waals surface area contributed by atoms with Gasteiger partial charge in [0.05, 0.1) is 7.11 Å². The number of hydrogen-bond donors (Lipinski definition) is 0. The highest BCUT2D eigenvalue weighted by Crippen LogP contribution is 2.23. The van der Waals surface area contributed by atoms with Gasteiger partial charge in [-0.25, -0.2) is 4.39 Å². The van der Waals surface area contributed by atoms with Crippen molar-refractivity contribution in [1.82, 2.24) is 0 Å². The fourth-order valence-corrected chi connectivity index (χ4v) is 2.24. The topological polar surface area (TPSA) is 29.5 Å². The van der Waals surface area contributed by atoms with Gasteiger partial charge in [-0.15, -0.1) is 0 Å². The van der Waals surface area contributed by atoms with Crippen molar-refractivity contribution in [2.24, 2.45) is 0 Å². The second-order valence-corrected chi connectivity index (χ2v) is 4.69. The van der Waals surface area contributed by atoms with E-state index < -0.39 is 5.82 Å².